The number of rotatable bonds is 5. The normalized spacial score (nSPS) is 13.4. The Hall–Kier alpha value is -2.47. The van der Waals surface area contributed by atoms with E-state index in [1.165, 1.54) is 18.2 Å². The molecule has 0 heterocycles. The first kappa shape index (κ1) is 16.9. The molecule has 23 heavy (non-hydrogen) atoms. The summed E-state index contributed by atoms with van der Waals surface area (Å²) in [6.45, 7) is 1.57. The zero-order valence-electron chi connectivity index (χ0n) is 12.5. The summed E-state index contributed by atoms with van der Waals surface area (Å²) >= 11 is 0. The number of carbonyl (C=O) groups is 1. The SMILES string of the molecule is CC(NC(=O)Cc1ccc(O)cc1)C(O)c1ccc(F)c(F)c1. The molecule has 2 aromatic rings. The maximum atomic E-state index is 13.2. The molecule has 6 heteroatoms. The lowest BCUT2D eigenvalue weighted by Gasteiger charge is -2.21. The molecule has 1 amide bonds. The molecule has 2 unspecified atom stereocenters. The van der Waals surface area contributed by atoms with Crippen LogP contribution in [0.2, 0.25) is 0 Å². The molecule has 0 aliphatic rings. The van der Waals surface area contributed by atoms with Gasteiger partial charge in [-0.25, -0.2) is 8.78 Å². The van der Waals surface area contributed by atoms with E-state index >= 15 is 0 Å². The van der Waals surface area contributed by atoms with Crippen molar-refractivity contribution in [1.82, 2.24) is 5.32 Å². The minimum absolute atomic E-state index is 0.0785. The summed E-state index contributed by atoms with van der Waals surface area (Å²) in [6.07, 6.45) is -1.08. The Morgan fingerprint density at radius 2 is 1.78 bits per heavy atom. The summed E-state index contributed by atoms with van der Waals surface area (Å²) < 4.78 is 26.1. The number of carbonyl (C=O) groups excluding carboxylic acids is 1. The highest BCUT2D eigenvalue weighted by Gasteiger charge is 2.19. The van der Waals surface area contributed by atoms with Gasteiger partial charge in [0.2, 0.25) is 5.91 Å². The van der Waals surface area contributed by atoms with Crippen LogP contribution in [0.4, 0.5) is 8.78 Å². The summed E-state index contributed by atoms with van der Waals surface area (Å²) in [7, 11) is 0. The fraction of sp³-hybridized carbons (Fsp3) is 0.235. The first-order valence-corrected chi connectivity index (χ1v) is 7.07. The highest BCUT2D eigenvalue weighted by molar-refractivity contribution is 5.78. The number of halogens is 2. The molecule has 3 N–H and O–H groups in total. The summed E-state index contributed by atoms with van der Waals surface area (Å²) in [6, 6.07) is 8.61. The standard InChI is InChI=1S/C17H17F2NO3/c1-10(17(23)12-4-7-14(18)15(19)9-12)20-16(22)8-11-2-5-13(21)6-3-11/h2-7,9-10,17,21,23H,8H2,1H3,(H,20,22). The van der Waals surface area contributed by atoms with E-state index in [2.05, 4.69) is 5.32 Å². The minimum atomic E-state index is -1.16. The number of nitrogens with one attached hydrogen (secondary N) is 1. The number of phenolic OH excluding ortho intramolecular Hbond substituents is 1. The molecule has 0 fully saturated rings. The van der Waals surface area contributed by atoms with Crippen molar-refractivity contribution in [3.8, 4) is 5.75 Å². The molecule has 0 radical (unpaired) electrons. The zero-order chi connectivity index (χ0) is 17.0. The molecule has 0 aliphatic heterocycles. The second-order valence-corrected chi connectivity index (χ2v) is 5.32. The van der Waals surface area contributed by atoms with Gasteiger partial charge in [0.15, 0.2) is 11.6 Å². The molecule has 0 bridgehead atoms. The minimum Gasteiger partial charge on any atom is -0.508 e. The van der Waals surface area contributed by atoms with E-state index < -0.39 is 23.8 Å². The van der Waals surface area contributed by atoms with Gasteiger partial charge < -0.3 is 15.5 Å². The van der Waals surface area contributed by atoms with Gasteiger partial charge in [0.25, 0.3) is 0 Å². The van der Waals surface area contributed by atoms with Gasteiger partial charge in [-0.2, -0.15) is 0 Å². The fourth-order valence-electron chi connectivity index (χ4n) is 2.17. The van der Waals surface area contributed by atoms with E-state index in [9.17, 15) is 23.8 Å². The summed E-state index contributed by atoms with van der Waals surface area (Å²) in [5, 5.41) is 21.9. The average molecular weight is 321 g/mol. The Morgan fingerprint density at radius 3 is 2.39 bits per heavy atom. The molecule has 2 aromatic carbocycles. The van der Waals surface area contributed by atoms with Crippen LogP contribution in [0.3, 0.4) is 0 Å². The number of hydrogen-bond donors (Lipinski definition) is 3. The smallest absolute Gasteiger partial charge is 0.224 e. The van der Waals surface area contributed by atoms with Gasteiger partial charge >= 0.3 is 0 Å². The van der Waals surface area contributed by atoms with Crippen molar-refractivity contribution in [3.05, 3.63) is 65.2 Å². The number of hydrogen-bond acceptors (Lipinski definition) is 3. The molecular weight excluding hydrogens is 304 g/mol. The highest BCUT2D eigenvalue weighted by atomic mass is 19.2. The zero-order valence-corrected chi connectivity index (χ0v) is 12.5. The van der Waals surface area contributed by atoms with Crippen LogP contribution in [-0.2, 0) is 11.2 Å². The van der Waals surface area contributed by atoms with Gasteiger partial charge in [-0.3, -0.25) is 4.79 Å². The van der Waals surface area contributed by atoms with Crippen LogP contribution >= 0.6 is 0 Å². The van der Waals surface area contributed by atoms with Crippen molar-refractivity contribution in [2.24, 2.45) is 0 Å². The monoisotopic (exact) mass is 321 g/mol. The Bertz CT molecular complexity index is 689. The number of phenols is 1. The van der Waals surface area contributed by atoms with E-state index in [1.807, 2.05) is 0 Å². The summed E-state index contributed by atoms with van der Waals surface area (Å²) in [5.74, 6) is -2.27. The van der Waals surface area contributed by atoms with E-state index in [4.69, 9.17) is 0 Å². The molecule has 2 atom stereocenters. The van der Waals surface area contributed by atoms with Crippen molar-refractivity contribution in [2.45, 2.75) is 25.5 Å². The van der Waals surface area contributed by atoms with Crippen molar-refractivity contribution < 1.29 is 23.8 Å². The molecule has 0 aromatic heterocycles. The van der Waals surface area contributed by atoms with Gasteiger partial charge in [-0.15, -0.1) is 0 Å². The van der Waals surface area contributed by atoms with Crippen molar-refractivity contribution in [3.63, 3.8) is 0 Å². The van der Waals surface area contributed by atoms with Gasteiger partial charge in [0, 0.05) is 0 Å². The first-order chi connectivity index (χ1) is 10.9. The van der Waals surface area contributed by atoms with Crippen LogP contribution in [0.1, 0.15) is 24.2 Å². The predicted molar refractivity (Wildman–Crippen MR) is 80.7 cm³/mol. The number of aliphatic hydroxyl groups is 1. The van der Waals surface area contributed by atoms with Gasteiger partial charge in [0.1, 0.15) is 5.75 Å². The molecule has 0 saturated carbocycles. The van der Waals surface area contributed by atoms with Crippen molar-refractivity contribution >= 4 is 5.91 Å². The topological polar surface area (TPSA) is 69.6 Å². The summed E-state index contributed by atoms with van der Waals surface area (Å²) in [5.41, 5.74) is 0.885. The maximum Gasteiger partial charge on any atom is 0.224 e. The average Bonchev–Trinajstić information content (AvgIpc) is 2.51. The quantitative estimate of drug-likeness (QED) is 0.792. The van der Waals surface area contributed by atoms with Crippen LogP contribution in [0, 0.1) is 11.6 Å². The third-order valence-corrected chi connectivity index (χ3v) is 3.45. The third-order valence-electron chi connectivity index (χ3n) is 3.45. The Kier molecular flexibility index (Phi) is 5.28. The largest absolute Gasteiger partial charge is 0.508 e. The first-order valence-electron chi connectivity index (χ1n) is 7.07. The van der Waals surface area contributed by atoms with Crippen LogP contribution in [0.5, 0.6) is 5.75 Å². The Balaban J connectivity index is 1.96. The van der Waals surface area contributed by atoms with E-state index in [1.54, 1.807) is 19.1 Å². The molecular formula is C17H17F2NO3. The van der Waals surface area contributed by atoms with Crippen LogP contribution in [0.25, 0.3) is 0 Å². The van der Waals surface area contributed by atoms with Crippen LogP contribution in [0.15, 0.2) is 42.5 Å². The van der Waals surface area contributed by atoms with Gasteiger partial charge in [-0.05, 0) is 42.3 Å². The molecule has 0 aliphatic carbocycles. The van der Waals surface area contributed by atoms with Gasteiger partial charge in [0.05, 0.1) is 18.6 Å². The highest BCUT2D eigenvalue weighted by Crippen LogP contribution is 2.19. The number of amides is 1. The molecule has 4 nitrogen and oxygen atoms in total. The van der Waals surface area contributed by atoms with Crippen molar-refractivity contribution in [2.75, 3.05) is 0 Å². The van der Waals surface area contributed by atoms with Crippen LogP contribution in [-0.4, -0.2) is 22.2 Å². The lowest BCUT2D eigenvalue weighted by molar-refractivity contribution is -0.121. The van der Waals surface area contributed by atoms with Gasteiger partial charge in [-0.1, -0.05) is 18.2 Å². The van der Waals surface area contributed by atoms with E-state index in [-0.39, 0.29) is 23.6 Å². The van der Waals surface area contributed by atoms with Crippen molar-refractivity contribution in [1.29, 1.82) is 0 Å². The third kappa shape index (κ3) is 4.50. The Labute approximate surface area is 132 Å². The van der Waals surface area contributed by atoms with E-state index in [0.717, 1.165) is 12.1 Å². The van der Waals surface area contributed by atoms with E-state index in [0.29, 0.717) is 5.56 Å². The molecule has 122 valence electrons. The predicted octanol–water partition coefficient (Wildman–Crippen LogP) is 2.45. The lowest BCUT2D eigenvalue weighted by atomic mass is 10.0. The maximum absolute atomic E-state index is 13.2. The number of aromatic hydroxyl groups is 1. The number of aliphatic hydroxyl groups excluding tert-OH is 1. The molecule has 2 rings (SSSR count). The Morgan fingerprint density at radius 1 is 1.13 bits per heavy atom. The second kappa shape index (κ2) is 7.19. The second-order valence-electron chi connectivity index (χ2n) is 5.32. The van der Waals surface area contributed by atoms with Crippen LogP contribution < -0.4 is 5.32 Å². The number of benzene rings is 2. The fourth-order valence-corrected chi connectivity index (χ4v) is 2.17. The molecule has 0 saturated heterocycles. The summed E-state index contributed by atoms with van der Waals surface area (Å²) in [4.78, 5) is 11.9. The lowest BCUT2D eigenvalue weighted by Crippen LogP contribution is -2.38. The molecule has 0 spiro atoms.